The molecule has 3 heterocycles. The van der Waals surface area contributed by atoms with Crippen LogP contribution in [0, 0.1) is 25.2 Å². The zero-order valence-corrected chi connectivity index (χ0v) is 16.4. The van der Waals surface area contributed by atoms with E-state index in [0.29, 0.717) is 37.3 Å². The molecule has 1 aliphatic heterocycles. The van der Waals surface area contributed by atoms with Gasteiger partial charge in [0.25, 0.3) is 5.88 Å². The van der Waals surface area contributed by atoms with Gasteiger partial charge < -0.3 is 4.74 Å². The second-order valence-corrected chi connectivity index (χ2v) is 8.26. The Kier molecular flexibility index (Phi) is 5.43. The normalized spacial score (nSPS) is 18.2. The van der Waals surface area contributed by atoms with E-state index in [-0.39, 0.29) is 29.1 Å². The number of nitrogens with zero attached hydrogens (tertiary/aromatic N) is 6. The van der Waals surface area contributed by atoms with Gasteiger partial charge in [-0.1, -0.05) is 0 Å². The molecule has 10 heteroatoms. The summed E-state index contributed by atoms with van der Waals surface area (Å²) < 4.78 is 35.4. The van der Waals surface area contributed by atoms with Gasteiger partial charge in [-0.25, -0.2) is 18.4 Å². The monoisotopic (exact) mass is 390 g/mol. The molecule has 1 saturated heterocycles. The third-order valence-corrected chi connectivity index (χ3v) is 6.72. The van der Waals surface area contributed by atoms with E-state index in [1.165, 1.54) is 16.7 Å². The van der Waals surface area contributed by atoms with Crippen LogP contribution in [-0.4, -0.2) is 51.7 Å². The Morgan fingerprint density at radius 2 is 2.07 bits per heavy atom. The van der Waals surface area contributed by atoms with Crippen molar-refractivity contribution in [3.8, 4) is 11.9 Å². The molecule has 1 atom stereocenters. The number of aromatic nitrogens is 4. The van der Waals surface area contributed by atoms with Gasteiger partial charge in [0, 0.05) is 25.5 Å². The summed E-state index contributed by atoms with van der Waals surface area (Å²) in [7, 11) is -3.68. The first-order valence-electron chi connectivity index (χ1n) is 8.80. The summed E-state index contributed by atoms with van der Waals surface area (Å²) in [4.78, 5) is 8.23. The molecule has 1 fully saturated rings. The van der Waals surface area contributed by atoms with Crippen molar-refractivity contribution >= 4 is 10.0 Å². The molecule has 9 nitrogen and oxygen atoms in total. The van der Waals surface area contributed by atoms with Crippen molar-refractivity contribution in [3.63, 3.8) is 0 Å². The molecule has 0 radical (unpaired) electrons. The molecule has 2 aromatic rings. The van der Waals surface area contributed by atoms with E-state index in [2.05, 4.69) is 15.1 Å². The van der Waals surface area contributed by atoms with Gasteiger partial charge in [0.2, 0.25) is 15.7 Å². The second kappa shape index (κ2) is 7.62. The first-order valence-corrected chi connectivity index (χ1v) is 10.2. The summed E-state index contributed by atoms with van der Waals surface area (Å²) in [5.74, 6) is 0.135. The summed E-state index contributed by atoms with van der Waals surface area (Å²) in [6, 6.07) is 1.94. The zero-order chi connectivity index (χ0) is 19.6. The Labute approximate surface area is 158 Å². The second-order valence-electron chi connectivity index (χ2n) is 6.38. The van der Waals surface area contributed by atoms with E-state index in [0.717, 1.165) is 0 Å². The average Bonchev–Trinajstić information content (AvgIpc) is 2.96. The molecular weight excluding hydrogens is 368 g/mol. The summed E-state index contributed by atoms with van der Waals surface area (Å²) in [5.41, 5.74) is 1.23. The van der Waals surface area contributed by atoms with Gasteiger partial charge in [0.1, 0.15) is 17.1 Å². The van der Waals surface area contributed by atoms with E-state index in [4.69, 9.17) is 10.00 Å². The molecule has 1 aliphatic rings. The number of hydrogen-bond donors (Lipinski definition) is 0. The lowest BCUT2D eigenvalue weighted by Gasteiger charge is -2.31. The van der Waals surface area contributed by atoms with Crippen LogP contribution in [0.15, 0.2) is 17.3 Å². The maximum absolute atomic E-state index is 13.2. The molecule has 0 aliphatic carbocycles. The highest BCUT2D eigenvalue weighted by atomic mass is 32.2. The van der Waals surface area contributed by atoms with Gasteiger partial charge in [-0.3, -0.25) is 4.68 Å². The molecule has 0 saturated carbocycles. The number of hydrogen-bond acceptors (Lipinski definition) is 7. The highest BCUT2D eigenvalue weighted by Crippen LogP contribution is 2.27. The van der Waals surface area contributed by atoms with Crippen molar-refractivity contribution in [3.05, 3.63) is 29.5 Å². The van der Waals surface area contributed by atoms with Gasteiger partial charge >= 0.3 is 0 Å². The standard InChI is InChI=1S/C17H22N6O3S/c1-4-23-13(3)16(12(2)21-23)27(24,25)22-9-5-6-14(11-22)26-17-15(10-18)19-7-8-20-17/h7-8,14H,4-6,9,11H2,1-3H3/t14-/m0/s1. The molecule has 0 aromatic carbocycles. The fraction of sp³-hybridized carbons (Fsp3) is 0.529. The largest absolute Gasteiger partial charge is 0.471 e. The maximum Gasteiger partial charge on any atom is 0.251 e. The van der Waals surface area contributed by atoms with E-state index in [1.807, 2.05) is 13.0 Å². The Morgan fingerprint density at radius 1 is 1.33 bits per heavy atom. The Hall–Kier alpha value is -2.51. The van der Waals surface area contributed by atoms with Gasteiger partial charge in [-0.15, -0.1) is 0 Å². The molecule has 0 spiro atoms. The van der Waals surface area contributed by atoms with Crippen LogP contribution in [0.25, 0.3) is 0 Å². The summed E-state index contributed by atoms with van der Waals surface area (Å²) >= 11 is 0. The maximum atomic E-state index is 13.2. The van der Waals surface area contributed by atoms with Gasteiger partial charge in [0.15, 0.2) is 0 Å². The summed E-state index contributed by atoms with van der Waals surface area (Å²) in [6.45, 7) is 6.63. The SMILES string of the molecule is CCn1nc(C)c(S(=O)(=O)N2CCC[C@H](Oc3nccnc3C#N)C2)c1C. The Balaban J connectivity index is 1.84. The van der Waals surface area contributed by atoms with Crippen LogP contribution in [0.3, 0.4) is 0 Å². The van der Waals surface area contributed by atoms with Crippen LogP contribution >= 0.6 is 0 Å². The number of nitriles is 1. The third-order valence-electron chi connectivity index (χ3n) is 4.60. The lowest BCUT2D eigenvalue weighted by Crippen LogP contribution is -2.44. The molecule has 0 amide bonds. The number of aryl methyl sites for hydroxylation is 2. The smallest absolute Gasteiger partial charge is 0.251 e. The van der Waals surface area contributed by atoms with Crippen molar-refractivity contribution < 1.29 is 13.2 Å². The molecule has 3 rings (SSSR count). The van der Waals surface area contributed by atoms with E-state index in [9.17, 15) is 8.42 Å². The van der Waals surface area contributed by atoms with Crippen LogP contribution < -0.4 is 4.74 Å². The van der Waals surface area contributed by atoms with Gasteiger partial charge in [-0.05, 0) is 33.6 Å². The van der Waals surface area contributed by atoms with Crippen molar-refractivity contribution in [1.29, 1.82) is 5.26 Å². The molecule has 27 heavy (non-hydrogen) atoms. The summed E-state index contributed by atoms with van der Waals surface area (Å²) in [6.07, 6.45) is 3.81. The Morgan fingerprint density at radius 3 is 2.74 bits per heavy atom. The number of sulfonamides is 1. The van der Waals surface area contributed by atoms with Crippen LogP contribution in [0.2, 0.25) is 0 Å². The zero-order valence-electron chi connectivity index (χ0n) is 15.6. The first kappa shape index (κ1) is 19.3. The number of piperidine rings is 1. The quantitative estimate of drug-likeness (QED) is 0.758. The number of ether oxygens (including phenoxy) is 1. The fourth-order valence-corrected chi connectivity index (χ4v) is 5.24. The van der Waals surface area contributed by atoms with Gasteiger partial charge in [0.05, 0.1) is 17.9 Å². The fourth-order valence-electron chi connectivity index (χ4n) is 3.36. The van der Waals surface area contributed by atoms with E-state index in [1.54, 1.807) is 18.5 Å². The van der Waals surface area contributed by atoms with Crippen LogP contribution in [0.5, 0.6) is 5.88 Å². The average molecular weight is 390 g/mol. The lowest BCUT2D eigenvalue weighted by molar-refractivity contribution is 0.124. The molecule has 2 aromatic heterocycles. The molecule has 0 N–H and O–H groups in total. The number of rotatable bonds is 5. The minimum Gasteiger partial charge on any atom is -0.471 e. The first-order chi connectivity index (χ1) is 12.9. The highest BCUT2D eigenvalue weighted by molar-refractivity contribution is 7.89. The molecule has 0 bridgehead atoms. The van der Waals surface area contributed by atoms with Crippen LogP contribution in [0.1, 0.15) is 36.8 Å². The summed E-state index contributed by atoms with van der Waals surface area (Å²) in [5, 5.41) is 13.4. The molecule has 0 unspecified atom stereocenters. The van der Waals surface area contributed by atoms with Crippen molar-refractivity contribution in [2.45, 2.75) is 51.2 Å². The predicted molar refractivity (Wildman–Crippen MR) is 96.5 cm³/mol. The minimum atomic E-state index is -3.68. The van der Waals surface area contributed by atoms with E-state index >= 15 is 0 Å². The van der Waals surface area contributed by atoms with Gasteiger partial charge in [-0.2, -0.15) is 14.7 Å². The van der Waals surface area contributed by atoms with Crippen molar-refractivity contribution in [2.75, 3.05) is 13.1 Å². The highest BCUT2D eigenvalue weighted by Gasteiger charge is 2.35. The molecular formula is C17H22N6O3S. The molecule has 144 valence electrons. The minimum absolute atomic E-state index is 0.0911. The van der Waals surface area contributed by atoms with Crippen LogP contribution in [0.4, 0.5) is 0 Å². The van der Waals surface area contributed by atoms with Crippen molar-refractivity contribution in [2.24, 2.45) is 0 Å². The topological polar surface area (TPSA) is 114 Å². The lowest BCUT2D eigenvalue weighted by atomic mass is 10.1. The van der Waals surface area contributed by atoms with Crippen molar-refractivity contribution in [1.82, 2.24) is 24.1 Å². The van der Waals surface area contributed by atoms with E-state index < -0.39 is 10.0 Å². The predicted octanol–water partition coefficient (Wildman–Crippen LogP) is 1.41. The Bertz CT molecular complexity index is 979. The van der Waals surface area contributed by atoms with Crippen LogP contribution in [-0.2, 0) is 16.6 Å². The third kappa shape index (κ3) is 3.65.